The monoisotopic (exact) mass is 139 g/mol. The van der Waals surface area contributed by atoms with Crippen LogP contribution in [0.3, 0.4) is 0 Å². The molecule has 1 unspecified atom stereocenters. The van der Waals surface area contributed by atoms with E-state index in [1.54, 1.807) is 0 Å². The first-order chi connectivity index (χ1) is 3.43. The van der Waals surface area contributed by atoms with Gasteiger partial charge in [0.15, 0.2) is 0 Å². The van der Waals surface area contributed by atoms with Gasteiger partial charge in [-0.3, -0.25) is 4.84 Å². The van der Waals surface area contributed by atoms with Crippen molar-refractivity contribution in [1.29, 1.82) is 0 Å². The molecular weight excluding hydrogens is 130 g/mol. The van der Waals surface area contributed by atoms with Crippen molar-refractivity contribution < 1.29 is 9.57 Å². The molecule has 1 fully saturated rings. The minimum Gasteiger partial charge on any atom is -0.379 e. The fraction of sp³-hybridized carbons (Fsp3) is 1.00. The SMILES string of the molecule is Cl.NOC1CCOC1. The lowest BCUT2D eigenvalue weighted by Crippen LogP contribution is -2.16. The maximum Gasteiger partial charge on any atom is 0.104 e. The van der Waals surface area contributed by atoms with Gasteiger partial charge in [0.1, 0.15) is 6.10 Å². The van der Waals surface area contributed by atoms with Gasteiger partial charge < -0.3 is 4.74 Å². The molecule has 0 saturated carbocycles. The minimum absolute atomic E-state index is 0. The Labute approximate surface area is 54.5 Å². The Balaban J connectivity index is 0.000000490. The summed E-state index contributed by atoms with van der Waals surface area (Å²) in [4.78, 5) is 4.49. The second-order valence-electron chi connectivity index (χ2n) is 1.62. The molecular formula is C4H10ClNO2. The Hall–Kier alpha value is 0.170. The summed E-state index contributed by atoms with van der Waals surface area (Å²) in [7, 11) is 0. The van der Waals surface area contributed by atoms with E-state index in [0.717, 1.165) is 13.0 Å². The van der Waals surface area contributed by atoms with Crippen LogP contribution in [-0.4, -0.2) is 19.3 Å². The van der Waals surface area contributed by atoms with Gasteiger partial charge in [-0.05, 0) is 0 Å². The Kier molecular flexibility index (Phi) is 4.18. The van der Waals surface area contributed by atoms with Crippen LogP contribution in [0.1, 0.15) is 6.42 Å². The molecule has 4 heteroatoms. The van der Waals surface area contributed by atoms with Crippen LogP contribution in [0.15, 0.2) is 0 Å². The first-order valence-electron chi connectivity index (χ1n) is 2.37. The van der Waals surface area contributed by atoms with Crippen molar-refractivity contribution >= 4 is 12.4 Å². The van der Waals surface area contributed by atoms with Gasteiger partial charge in [-0.2, -0.15) is 0 Å². The quantitative estimate of drug-likeness (QED) is 0.524. The first-order valence-corrected chi connectivity index (χ1v) is 2.37. The molecule has 0 amide bonds. The normalized spacial score (nSPS) is 27.4. The van der Waals surface area contributed by atoms with Crippen molar-refractivity contribution in [1.82, 2.24) is 0 Å². The average Bonchev–Trinajstić information content (AvgIpc) is 2.14. The molecule has 0 radical (unpaired) electrons. The van der Waals surface area contributed by atoms with Crippen molar-refractivity contribution in [3.63, 3.8) is 0 Å². The van der Waals surface area contributed by atoms with Crippen LogP contribution < -0.4 is 5.90 Å². The lowest BCUT2D eigenvalue weighted by Gasteiger charge is -1.99. The molecule has 0 bridgehead atoms. The fourth-order valence-electron chi connectivity index (χ4n) is 0.620. The van der Waals surface area contributed by atoms with Gasteiger partial charge in [0.05, 0.1) is 6.61 Å². The Morgan fingerprint density at radius 3 is 2.62 bits per heavy atom. The molecule has 1 heterocycles. The van der Waals surface area contributed by atoms with E-state index >= 15 is 0 Å². The summed E-state index contributed by atoms with van der Waals surface area (Å²) in [6, 6.07) is 0. The number of hydrogen-bond acceptors (Lipinski definition) is 3. The van der Waals surface area contributed by atoms with Crippen LogP contribution in [0.2, 0.25) is 0 Å². The molecule has 2 N–H and O–H groups in total. The van der Waals surface area contributed by atoms with E-state index in [1.165, 1.54) is 0 Å². The molecule has 0 spiro atoms. The fourth-order valence-corrected chi connectivity index (χ4v) is 0.620. The Morgan fingerprint density at radius 1 is 1.62 bits per heavy atom. The van der Waals surface area contributed by atoms with Gasteiger partial charge in [0, 0.05) is 13.0 Å². The van der Waals surface area contributed by atoms with Crippen LogP contribution in [-0.2, 0) is 9.57 Å². The van der Waals surface area contributed by atoms with Crippen molar-refractivity contribution in [2.45, 2.75) is 12.5 Å². The molecule has 0 aromatic heterocycles. The molecule has 1 aliphatic rings. The smallest absolute Gasteiger partial charge is 0.104 e. The number of rotatable bonds is 1. The van der Waals surface area contributed by atoms with Gasteiger partial charge in [0.2, 0.25) is 0 Å². The Bertz CT molecular complexity index is 56.0. The molecule has 1 saturated heterocycles. The summed E-state index contributed by atoms with van der Waals surface area (Å²) in [5.41, 5.74) is 0. The number of nitrogens with two attached hydrogens (primary N) is 1. The second kappa shape index (κ2) is 4.09. The van der Waals surface area contributed by atoms with E-state index in [1.807, 2.05) is 0 Å². The first kappa shape index (κ1) is 8.17. The standard InChI is InChI=1S/C4H9NO2.ClH/c5-7-4-1-2-6-3-4;/h4H,1-3,5H2;1H. The largest absolute Gasteiger partial charge is 0.379 e. The van der Waals surface area contributed by atoms with Crippen LogP contribution in [0.4, 0.5) is 0 Å². The maximum atomic E-state index is 4.94. The zero-order chi connectivity index (χ0) is 5.11. The molecule has 1 atom stereocenters. The molecule has 0 aromatic carbocycles. The highest BCUT2D eigenvalue weighted by Crippen LogP contribution is 2.04. The summed E-state index contributed by atoms with van der Waals surface area (Å²) in [6.07, 6.45) is 1.09. The third kappa shape index (κ3) is 1.96. The van der Waals surface area contributed by atoms with Gasteiger partial charge in [-0.25, -0.2) is 5.90 Å². The summed E-state index contributed by atoms with van der Waals surface area (Å²) in [6.45, 7) is 1.46. The van der Waals surface area contributed by atoms with Gasteiger partial charge >= 0.3 is 0 Å². The van der Waals surface area contributed by atoms with Crippen molar-refractivity contribution in [2.24, 2.45) is 5.90 Å². The Morgan fingerprint density at radius 2 is 2.38 bits per heavy atom. The second-order valence-corrected chi connectivity index (χ2v) is 1.62. The van der Waals surface area contributed by atoms with E-state index in [-0.39, 0.29) is 18.5 Å². The number of halogens is 1. The number of ether oxygens (including phenoxy) is 1. The van der Waals surface area contributed by atoms with E-state index < -0.39 is 0 Å². The number of hydrogen-bond donors (Lipinski definition) is 1. The lowest BCUT2D eigenvalue weighted by molar-refractivity contribution is 0.0427. The predicted molar refractivity (Wildman–Crippen MR) is 31.7 cm³/mol. The van der Waals surface area contributed by atoms with Gasteiger partial charge in [-0.1, -0.05) is 0 Å². The maximum absolute atomic E-state index is 4.94. The summed E-state index contributed by atoms with van der Waals surface area (Å²) in [5, 5.41) is 0. The minimum atomic E-state index is 0. The molecule has 50 valence electrons. The third-order valence-electron chi connectivity index (χ3n) is 1.08. The van der Waals surface area contributed by atoms with Crippen molar-refractivity contribution in [3.8, 4) is 0 Å². The molecule has 1 rings (SSSR count). The summed E-state index contributed by atoms with van der Waals surface area (Å²) >= 11 is 0. The molecule has 0 aliphatic carbocycles. The average molecular weight is 140 g/mol. The van der Waals surface area contributed by atoms with Crippen molar-refractivity contribution in [2.75, 3.05) is 13.2 Å². The topological polar surface area (TPSA) is 44.5 Å². The van der Waals surface area contributed by atoms with Crippen LogP contribution in [0.5, 0.6) is 0 Å². The molecule has 8 heavy (non-hydrogen) atoms. The lowest BCUT2D eigenvalue weighted by atomic mass is 10.3. The zero-order valence-electron chi connectivity index (χ0n) is 4.50. The van der Waals surface area contributed by atoms with E-state index in [0.29, 0.717) is 6.61 Å². The van der Waals surface area contributed by atoms with E-state index in [2.05, 4.69) is 4.84 Å². The third-order valence-corrected chi connectivity index (χ3v) is 1.08. The highest BCUT2D eigenvalue weighted by Gasteiger charge is 2.13. The molecule has 0 aromatic rings. The summed E-state index contributed by atoms with van der Waals surface area (Å²) in [5.74, 6) is 4.85. The van der Waals surface area contributed by atoms with Gasteiger partial charge in [-0.15, -0.1) is 12.4 Å². The zero-order valence-corrected chi connectivity index (χ0v) is 5.32. The van der Waals surface area contributed by atoms with E-state index in [9.17, 15) is 0 Å². The molecule has 3 nitrogen and oxygen atoms in total. The van der Waals surface area contributed by atoms with Gasteiger partial charge in [0.25, 0.3) is 0 Å². The van der Waals surface area contributed by atoms with Crippen LogP contribution in [0.25, 0.3) is 0 Å². The predicted octanol–water partition coefficient (Wildman–Crippen LogP) is 0.0874. The summed E-state index contributed by atoms with van der Waals surface area (Å²) < 4.78 is 4.94. The highest BCUT2D eigenvalue weighted by atomic mass is 35.5. The van der Waals surface area contributed by atoms with E-state index in [4.69, 9.17) is 10.6 Å². The van der Waals surface area contributed by atoms with Crippen LogP contribution >= 0.6 is 12.4 Å². The molecule has 1 aliphatic heterocycles. The highest BCUT2D eigenvalue weighted by molar-refractivity contribution is 5.85. The van der Waals surface area contributed by atoms with Crippen molar-refractivity contribution in [3.05, 3.63) is 0 Å². The van der Waals surface area contributed by atoms with Crippen LogP contribution in [0, 0.1) is 0 Å².